The van der Waals surface area contributed by atoms with Crippen molar-refractivity contribution in [2.75, 3.05) is 20.1 Å². The van der Waals surface area contributed by atoms with Gasteiger partial charge in [0.1, 0.15) is 0 Å². The van der Waals surface area contributed by atoms with Crippen LogP contribution in [0.5, 0.6) is 0 Å². The lowest BCUT2D eigenvalue weighted by molar-refractivity contribution is -0.0670. The monoisotopic (exact) mass is 164 g/mol. The Morgan fingerprint density at radius 2 is 2.00 bits per heavy atom. The number of hydrogen-bond acceptors (Lipinski definition) is 2. The first-order chi connectivity index (χ1) is 4.74. The van der Waals surface area contributed by atoms with Crippen LogP contribution in [0.4, 0.5) is 0 Å². The van der Waals surface area contributed by atoms with E-state index in [9.17, 15) is 0 Å². The average molecular weight is 165 g/mol. The van der Waals surface area contributed by atoms with E-state index in [1.54, 1.807) is 14.2 Å². The summed E-state index contributed by atoms with van der Waals surface area (Å²) in [6.07, 6.45) is 1.58. The van der Waals surface area contributed by atoms with Crippen molar-refractivity contribution in [2.45, 2.75) is 13.2 Å². The molecule has 0 aromatic heterocycles. The van der Waals surface area contributed by atoms with E-state index >= 15 is 0 Å². The second-order valence-corrected chi connectivity index (χ2v) is 2.25. The van der Waals surface area contributed by atoms with Crippen molar-refractivity contribution in [1.29, 1.82) is 0 Å². The van der Waals surface area contributed by atoms with Crippen molar-refractivity contribution in [3.05, 3.63) is 11.6 Å². The normalized spacial score (nSPS) is 12.7. The third-order valence-corrected chi connectivity index (χ3v) is 1.52. The fourth-order valence-electron chi connectivity index (χ4n) is 0.509. The highest BCUT2D eigenvalue weighted by Gasteiger charge is 1.98. The number of allylic oxidation sites excluding steroid dienone is 1. The van der Waals surface area contributed by atoms with Crippen molar-refractivity contribution >= 4 is 11.6 Å². The minimum atomic E-state index is -0.265. The lowest BCUT2D eigenvalue weighted by atomic mass is 10.3. The van der Waals surface area contributed by atoms with Crippen LogP contribution in [0.2, 0.25) is 0 Å². The van der Waals surface area contributed by atoms with Crippen molar-refractivity contribution < 1.29 is 9.47 Å². The van der Waals surface area contributed by atoms with Crippen LogP contribution in [0.3, 0.4) is 0 Å². The van der Waals surface area contributed by atoms with Crippen LogP contribution in [-0.4, -0.2) is 26.4 Å². The molecule has 0 saturated heterocycles. The van der Waals surface area contributed by atoms with E-state index in [0.717, 1.165) is 5.57 Å². The van der Waals surface area contributed by atoms with Gasteiger partial charge in [-0.2, -0.15) is 0 Å². The Hall–Kier alpha value is -0.0500. The Labute approximate surface area is 66.8 Å². The van der Waals surface area contributed by atoms with Gasteiger partial charge in [0.05, 0.1) is 0 Å². The maximum atomic E-state index is 5.53. The van der Waals surface area contributed by atoms with E-state index in [0.29, 0.717) is 5.88 Å². The molecule has 0 bridgehead atoms. The standard InChI is InChI=1S/C7H13ClO2/c1-6(5-8)4-7(9-2)10-3/h4,7H,5H2,1-3H3/b6-4+. The van der Waals surface area contributed by atoms with E-state index in [-0.39, 0.29) is 6.29 Å². The minimum Gasteiger partial charge on any atom is -0.352 e. The van der Waals surface area contributed by atoms with Gasteiger partial charge in [-0.3, -0.25) is 0 Å². The lowest BCUT2D eigenvalue weighted by Gasteiger charge is -2.08. The molecule has 0 aliphatic carbocycles. The molecule has 0 aromatic rings. The molecule has 0 saturated carbocycles. The highest BCUT2D eigenvalue weighted by molar-refractivity contribution is 6.19. The number of halogens is 1. The molecule has 0 heterocycles. The minimum absolute atomic E-state index is 0.265. The molecule has 0 aromatic carbocycles. The van der Waals surface area contributed by atoms with Gasteiger partial charge in [-0.25, -0.2) is 0 Å². The first-order valence-electron chi connectivity index (χ1n) is 3.03. The van der Waals surface area contributed by atoms with Gasteiger partial charge in [-0.1, -0.05) is 5.57 Å². The van der Waals surface area contributed by atoms with Gasteiger partial charge in [0, 0.05) is 20.1 Å². The summed E-state index contributed by atoms with van der Waals surface area (Å²) in [5, 5.41) is 0. The Bertz CT molecular complexity index is 108. The van der Waals surface area contributed by atoms with Gasteiger partial charge in [0.25, 0.3) is 0 Å². The third kappa shape index (κ3) is 3.88. The predicted octanol–water partition coefficient (Wildman–Crippen LogP) is 1.79. The second kappa shape index (κ2) is 5.71. The Balaban J connectivity index is 3.80. The van der Waals surface area contributed by atoms with Gasteiger partial charge in [-0.05, 0) is 13.0 Å². The zero-order chi connectivity index (χ0) is 7.98. The molecule has 10 heavy (non-hydrogen) atoms. The van der Waals surface area contributed by atoms with Gasteiger partial charge >= 0.3 is 0 Å². The molecule has 0 amide bonds. The molecular formula is C7H13ClO2. The summed E-state index contributed by atoms with van der Waals surface area (Å²) >= 11 is 5.53. The molecule has 0 spiro atoms. The second-order valence-electron chi connectivity index (χ2n) is 1.99. The summed E-state index contributed by atoms with van der Waals surface area (Å²) in [4.78, 5) is 0. The van der Waals surface area contributed by atoms with Crippen LogP contribution in [0.25, 0.3) is 0 Å². The number of rotatable bonds is 4. The van der Waals surface area contributed by atoms with Crippen LogP contribution in [-0.2, 0) is 9.47 Å². The van der Waals surface area contributed by atoms with Crippen molar-refractivity contribution in [2.24, 2.45) is 0 Å². The van der Waals surface area contributed by atoms with E-state index in [4.69, 9.17) is 21.1 Å². The average Bonchev–Trinajstić information content (AvgIpc) is 1.99. The number of methoxy groups -OCH3 is 2. The highest BCUT2D eigenvalue weighted by atomic mass is 35.5. The smallest absolute Gasteiger partial charge is 0.176 e. The first kappa shape index (κ1) is 9.95. The SMILES string of the molecule is COC(/C=C(\C)CCl)OC. The van der Waals surface area contributed by atoms with E-state index in [2.05, 4.69) is 0 Å². The number of hydrogen-bond donors (Lipinski definition) is 0. The van der Waals surface area contributed by atoms with Crippen LogP contribution in [0.15, 0.2) is 11.6 Å². The van der Waals surface area contributed by atoms with Gasteiger partial charge < -0.3 is 9.47 Å². The molecule has 0 radical (unpaired) electrons. The maximum Gasteiger partial charge on any atom is 0.176 e. The maximum absolute atomic E-state index is 5.53. The topological polar surface area (TPSA) is 18.5 Å². The summed E-state index contributed by atoms with van der Waals surface area (Å²) < 4.78 is 9.83. The summed E-state index contributed by atoms with van der Waals surface area (Å²) in [6, 6.07) is 0. The molecular weight excluding hydrogens is 152 g/mol. The molecule has 0 N–H and O–H groups in total. The van der Waals surface area contributed by atoms with Crippen LogP contribution in [0.1, 0.15) is 6.92 Å². The molecule has 0 rings (SSSR count). The summed E-state index contributed by atoms with van der Waals surface area (Å²) in [5.41, 5.74) is 1.05. The predicted molar refractivity (Wildman–Crippen MR) is 42.3 cm³/mol. The van der Waals surface area contributed by atoms with Crippen molar-refractivity contribution in [3.63, 3.8) is 0 Å². The molecule has 0 atom stereocenters. The Kier molecular flexibility index (Phi) is 5.69. The fraction of sp³-hybridized carbons (Fsp3) is 0.714. The Morgan fingerprint density at radius 3 is 2.30 bits per heavy atom. The first-order valence-corrected chi connectivity index (χ1v) is 3.57. The molecule has 3 heteroatoms. The van der Waals surface area contributed by atoms with E-state index in [1.807, 2.05) is 13.0 Å². The van der Waals surface area contributed by atoms with Gasteiger partial charge in [0.15, 0.2) is 6.29 Å². The van der Waals surface area contributed by atoms with Crippen molar-refractivity contribution in [1.82, 2.24) is 0 Å². The number of alkyl halides is 1. The van der Waals surface area contributed by atoms with Gasteiger partial charge in [0.2, 0.25) is 0 Å². The lowest BCUT2D eigenvalue weighted by Crippen LogP contribution is -2.09. The van der Waals surface area contributed by atoms with E-state index in [1.165, 1.54) is 0 Å². The zero-order valence-corrected chi connectivity index (χ0v) is 7.31. The van der Waals surface area contributed by atoms with Crippen molar-refractivity contribution in [3.8, 4) is 0 Å². The molecule has 60 valence electrons. The fourth-order valence-corrected chi connectivity index (χ4v) is 0.598. The third-order valence-electron chi connectivity index (χ3n) is 1.10. The Morgan fingerprint density at radius 1 is 1.50 bits per heavy atom. The van der Waals surface area contributed by atoms with Gasteiger partial charge in [-0.15, -0.1) is 11.6 Å². The summed E-state index contributed by atoms with van der Waals surface area (Å²) in [5.74, 6) is 0.517. The summed E-state index contributed by atoms with van der Waals surface area (Å²) in [7, 11) is 3.18. The van der Waals surface area contributed by atoms with Crippen LogP contribution in [0, 0.1) is 0 Å². The van der Waals surface area contributed by atoms with Crippen LogP contribution >= 0.6 is 11.6 Å². The number of ether oxygens (including phenoxy) is 2. The molecule has 0 aliphatic rings. The molecule has 0 unspecified atom stereocenters. The molecule has 2 nitrogen and oxygen atoms in total. The molecule has 0 fully saturated rings. The van der Waals surface area contributed by atoms with Crippen LogP contribution < -0.4 is 0 Å². The summed E-state index contributed by atoms with van der Waals surface area (Å²) in [6.45, 7) is 1.93. The zero-order valence-electron chi connectivity index (χ0n) is 6.56. The highest BCUT2D eigenvalue weighted by Crippen LogP contribution is 2.01. The largest absolute Gasteiger partial charge is 0.352 e. The molecule has 0 aliphatic heterocycles. The van der Waals surface area contributed by atoms with E-state index < -0.39 is 0 Å². The quantitative estimate of drug-likeness (QED) is 0.358.